The number of carboxylic acid groups (broad SMARTS) is 1. The van der Waals surface area contributed by atoms with Crippen molar-refractivity contribution in [3.05, 3.63) is 29.8 Å². The zero-order valence-electron chi connectivity index (χ0n) is 11.1. The molecular weight excluding hydrogens is 254 g/mol. The SMILES string of the molecule is C#Cc1cccc(NC(=O)C2CCCCC2C(=O)O)c1. The van der Waals surface area contributed by atoms with Gasteiger partial charge >= 0.3 is 5.97 Å². The summed E-state index contributed by atoms with van der Waals surface area (Å²) < 4.78 is 0. The summed E-state index contributed by atoms with van der Waals surface area (Å²) >= 11 is 0. The normalized spacial score (nSPS) is 21.8. The van der Waals surface area contributed by atoms with Crippen LogP contribution in [0.2, 0.25) is 0 Å². The van der Waals surface area contributed by atoms with Gasteiger partial charge in [0.25, 0.3) is 0 Å². The maximum Gasteiger partial charge on any atom is 0.307 e. The minimum Gasteiger partial charge on any atom is -0.481 e. The van der Waals surface area contributed by atoms with Crippen LogP contribution in [0.1, 0.15) is 31.2 Å². The fraction of sp³-hybridized carbons (Fsp3) is 0.375. The number of nitrogens with one attached hydrogen (secondary N) is 1. The predicted octanol–water partition coefficient (Wildman–Crippen LogP) is 2.50. The number of benzene rings is 1. The second kappa shape index (κ2) is 6.25. The second-order valence-electron chi connectivity index (χ2n) is 5.05. The Hall–Kier alpha value is -2.28. The Morgan fingerprint density at radius 2 is 1.95 bits per heavy atom. The molecule has 1 fully saturated rings. The Bertz CT molecular complexity index is 559. The van der Waals surface area contributed by atoms with Crippen molar-refractivity contribution in [1.82, 2.24) is 0 Å². The van der Waals surface area contributed by atoms with Gasteiger partial charge in [0.15, 0.2) is 0 Å². The van der Waals surface area contributed by atoms with Crippen LogP contribution >= 0.6 is 0 Å². The van der Waals surface area contributed by atoms with Crippen LogP contribution < -0.4 is 5.32 Å². The molecule has 1 amide bonds. The van der Waals surface area contributed by atoms with Crippen LogP contribution in [-0.4, -0.2) is 17.0 Å². The molecule has 0 radical (unpaired) electrons. The number of rotatable bonds is 3. The predicted molar refractivity (Wildman–Crippen MR) is 76.1 cm³/mol. The van der Waals surface area contributed by atoms with E-state index in [0.717, 1.165) is 12.8 Å². The first-order chi connectivity index (χ1) is 9.61. The molecule has 0 aliphatic heterocycles. The topological polar surface area (TPSA) is 66.4 Å². The van der Waals surface area contributed by atoms with E-state index in [2.05, 4.69) is 11.2 Å². The molecule has 20 heavy (non-hydrogen) atoms. The Kier molecular flexibility index (Phi) is 4.41. The summed E-state index contributed by atoms with van der Waals surface area (Å²) in [5.74, 6) is 0.339. The van der Waals surface area contributed by atoms with Crippen molar-refractivity contribution in [3.63, 3.8) is 0 Å². The molecule has 2 atom stereocenters. The zero-order chi connectivity index (χ0) is 14.5. The van der Waals surface area contributed by atoms with E-state index < -0.39 is 17.8 Å². The maximum atomic E-state index is 12.3. The van der Waals surface area contributed by atoms with E-state index >= 15 is 0 Å². The highest BCUT2D eigenvalue weighted by molar-refractivity contribution is 5.95. The summed E-state index contributed by atoms with van der Waals surface area (Å²) in [6.07, 6.45) is 8.27. The van der Waals surface area contributed by atoms with Gasteiger partial charge in [-0.05, 0) is 31.0 Å². The van der Waals surface area contributed by atoms with Gasteiger partial charge in [0.1, 0.15) is 0 Å². The molecule has 2 N–H and O–H groups in total. The molecule has 0 aromatic heterocycles. The second-order valence-corrected chi connectivity index (χ2v) is 5.05. The quantitative estimate of drug-likeness (QED) is 0.830. The molecule has 0 saturated heterocycles. The molecule has 0 bridgehead atoms. The minimum absolute atomic E-state index is 0.230. The third kappa shape index (κ3) is 3.18. The van der Waals surface area contributed by atoms with Crippen molar-refractivity contribution < 1.29 is 14.7 Å². The lowest BCUT2D eigenvalue weighted by molar-refractivity contribution is -0.147. The van der Waals surface area contributed by atoms with Crippen LogP contribution in [-0.2, 0) is 9.59 Å². The molecule has 4 heteroatoms. The van der Waals surface area contributed by atoms with Crippen LogP contribution in [0, 0.1) is 24.2 Å². The first kappa shape index (κ1) is 14.1. The van der Waals surface area contributed by atoms with Gasteiger partial charge in [-0.25, -0.2) is 0 Å². The van der Waals surface area contributed by atoms with Crippen LogP contribution in [0.3, 0.4) is 0 Å². The molecule has 2 rings (SSSR count). The third-order valence-electron chi connectivity index (χ3n) is 3.72. The summed E-state index contributed by atoms with van der Waals surface area (Å²) in [4.78, 5) is 23.5. The number of hydrogen-bond donors (Lipinski definition) is 2. The van der Waals surface area contributed by atoms with Gasteiger partial charge in [-0.3, -0.25) is 9.59 Å². The van der Waals surface area contributed by atoms with Crippen molar-refractivity contribution >= 4 is 17.6 Å². The van der Waals surface area contributed by atoms with Gasteiger partial charge in [0, 0.05) is 11.3 Å². The van der Waals surface area contributed by atoms with Crippen molar-refractivity contribution in [2.75, 3.05) is 5.32 Å². The van der Waals surface area contributed by atoms with E-state index in [4.69, 9.17) is 6.42 Å². The molecule has 1 aromatic rings. The van der Waals surface area contributed by atoms with Crippen molar-refractivity contribution in [1.29, 1.82) is 0 Å². The summed E-state index contributed by atoms with van der Waals surface area (Å²) in [6, 6.07) is 6.99. The Morgan fingerprint density at radius 1 is 1.25 bits per heavy atom. The number of anilines is 1. The van der Waals surface area contributed by atoms with Gasteiger partial charge in [-0.15, -0.1) is 6.42 Å². The molecule has 1 aliphatic rings. The molecule has 4 nitrogen and oxygen atoms in total. The molecule has 1 aromatic carbocycles. The zero-order valence-corrected chi connectivity index (χ0v) is 11.1. The van der Waals surface area contributed by atoms with E-state index in [-0.39, 0.29) is 5.91 Å². The molecular formula is C16H17NO3. The van der Waals surface area contributed by atoms with Crippen LogP contribution in [0.15, 0.2) is 24.3 Å². The highest BCUT2D eigenvalue weighted by atomic mass is 16.4. The lowest BCUT2D eigenvalue weighted by atomic mass is 9.78. The summed E-state index contributed by atoms with van der Waals surface area (Å²) in [7, 11) is 0. The third-order valence-corrected chi connectivity index (χ3v) is 3.72. The molecule has 2 unspecified atom stereocenters. The van der Waals surface area contributed by atoms with Crippen LogP contribution in [0.25, 0.3) is 0 Å². The summed E-state index contributed by atoms with van der Waals surface area (Å²) in [6.45, 7) is 0. The molecule has 1 saturated carbocycles. The first-order valence-corrected chi connectivity index (χ1v) is 6.72. The monoisotopic (exact) mass is 271 g/mol. The number of carbonyl (C=O) groups excluding carboxylic acids is 1. The Labute approximate surface area is 118 Å². The van der Waals surface area contributed by atoms with E-state index in [1.165, 1.54) is 0 Å². The largest absolute Gasteiger partial charge is 0.481 e. The summed E-state index contributed by atoms with van der Waals surface area (Å²) in [5, 5.41) is 12.0. The van der Waals surface area contributed by atoms with Gasteiger partial charge in [0.05, 0.1) is 11.8 Å². The number of carboxylic acids is 1. The standard InChI is InChI=1S/C16H17NO3/c1-2-11-6-5-7-12(10-11)17-15(18)13-8-3-4-9-14(13)16(19)20/h1,5-7,10,13-14H,3-4,8-9H2,(H,17,18)(H,19,20). The van der Waals surface area contributed by atoms with E-state index in [0.29, 0.717) is 24.1 Å². The summed E-state index contributed by atoms with van der Waals surface area (Å²) in [5.41, 5.74) is 1.29. The lowest BCUT2D eigenvalue weighted by Gasteiger charge is -2.27. The van der Waals surface area contributed by atoms with Gasteiger partial charge < -0.3 is 10.4 Å². The Balaban J connectivity index is 2.10. The highest BCUT2D eigenvalue weighted by Gasteiger charge is 2.35. The highest BCUT2D eigenvalue weighted by Crippen LogP contribution is 2.31. The fourth-order valence-corrected chi connectivity index (χ4v) is 2.66. The average molecular weight is 271 g/mol. The average Bonchev–Trinajstić information content (AvgIpc) is 2.47. The van der Waals surface area contributed by atoms with E-state index in [1.807, 2.05) is 0 Å². The van der Waals surface area contributed by atoms with Crippen molar-refractivity contribution in [2.24, 2.45) is 11.8 Å². The molecule has 0 spiro atoms. The van der Waals surface area contributed by atoms with Crippen molar-refractivity contribution in [2.45, 2.75) is 25.7 Å². The molecule has 0 heterocycles. The number of amides is 1. The van der Waals surface area contributed by atoms with Crippen LogP contribution in [0.5, 0.6) is 0 Å². The number of aliphatic carboxylic acids is 1. The Morgan fingerprint density at radius 3 is 2.60 bits per heavy atom. The lowest BCUT2D eigenvalue weighted by Crippen LogP contribution is -2.36. The molecule has 1 aliphatic carbocycles. The number of carbonyl (C=O) groups is 2. The maximum absolute atomic E-state index is 12.3. The number of terminal acetylenes is 1. The smallest absolute Gasteiger partial charge is 0.307 e. The van der Waals surface area contributed by atoms with Gasteiger partial charge in [0.2, 0.25) is 5.91 Å². The van der Waals surface area contributed by atoms with Gasteiger partial charge in [-0.1, -0.05) is 24.8 Å². The van der Waals surface area contributed by atoms with E-state index in [1.54, 1.807) is 24.3 Å². The minimum atomic E-state index is -0.887. The van der Waals surface area contributed by atoms with Gasteiger partial charge in [-0.2, -0.15) is 0 Å². The fourth-order valence-electron chi connectivity index (χ4n) is 2.66. The first-order valence-electron chi connectivity index (χ1n) is 6.72. The van der Waals surface area contributed by atoms with Crippen LogP contribution in [0.4, 0.5) is 5.69 Å². The number of hydrogen-bond acceptors (Lipinski definition) is 2. The van der Waals surface area contributed by atoms with E-state index in [9.17, 15) is 14.7 Å². The molecule has 104 valence electrons. The van der Waals surface area contributed by atoms with Crippen molar-refractivity contribution in [3.8, 4) is 12.3 Å².